The monoisotopic (exact) mass is 389 g/mol. The molecule has 0 unspecified atom stereocenters. The minimum Gasteiger partial charge on any atom is -0.482 e. The molecular weight excluding hydrogens is 374 g/mol. The first-order chi connectivity index (χ1) is 13.7. The van der Waals surface area contributed by atoms with E-state index in [-0.39, 0.29) is 25.0 Å². The second-order valence-electron chi connectivity index (χ2n) is 6.44. The maximum Gasteiger partial charge on any atom is 0.265 e. The van der Waals surface area contributed by atoms with Crippen molar-refractivity contribution in [1.29, 1.82) is 0 Å². The van der Waals surface area contributed by atoms with E-state index in [2.05, 4.69) is 10.3 Å². The Bertz CT molecular complexity index is 1230. The summed E-state index contributed by atoms with van der Waals surface area (Å²) in [5.74, 6) is 0.0546. The van der Waals surface area contributed by atoms with Gasteiger partial charge >= 0.3 is 0 Å². The summed E-state index contributed by atoms with van der Waals surface area (Å²) in [7, 11) is 0. The van der Waals surface area contributed by atoms with Crippen LogP contribution in [-0.4, -0.2) is 29.9 Å². The Labute approximate surface area is 164 Å². The van der Waals surface area contributed by atoms with Gasteiger partial charge in [0.15, 0.2) is 11.7 Å². The summed E-state index contributed by atoms with van der Waals surface area (Å²) in [6.45, 7) is -0.159. The topological polar surface area (TPSA) is 71.5 Å². The molecule has 0 radical (unpaired) electrons. The number of benzene rings is 3. The SMILES string of the molecule is O=C(CN1C(=O)COc2ccccc21)Nc1nc2c(ccc3ccccc32)s1. The highest BCUT2D eigenvalue weighted by Gasteiger charge is 2.27. The van der Waals surface area contributed by atoms with Crippen LogP contribution in [0.3, 0.4) is 0 Å². The first kappa shape index (κ1) is 16.7. The number of fused-ring (bicyclic) bond motifs is 4. The van der Waals surface area contributed by atoms with Gasteiger partial charge in [-0.25, -0.2) is 4.98 Å². The third-order valence-electron chi connectivity index (χ3n) is 4.64. The van der Waals surface area contributed by atoms with Crippen molar-refractivity contribution >= 4 is 55.0 Å². The van der Waals surface area contributed by atoms with Crippen LogP contribution >= 0.6 is 11.3 Å². The van der Waals surface area contributed by atoms with Gasteiger partial charge in [-0.05, 0) is 23.6 Å². The average molecular weight is 389 g/mol. The van der Waals surface area contributed by atoms with Gasteiger partial charge in [-0.1, -0.05) is 53.8 Å². The Hall–Kier alpha value is -3.45. The average Bonchev–Trinajstić information content (AvgIpc) is 3.13. The summed E-state index contributed by atoms with van der Waals surface area (Å²) < 4.78 is 6.42. The molecule has 6 nitrogen and oxygen atoms in total. The van der Waals surface area contributed by atoms with Crippen LogP contribution in [0.5, 0.6) is 5.75 Å². The number of hydrogen-bond acceptors (Lipinski definition) is 5. The van der Waals surface area contributed by atoms with Crippen molar-refractivity contribution in [2.45, 2.75) is 0 Å². The minimum absolute atomic E-state index is 0.0720. The van der Waals surface area contributed by atoms with Gasteiger partial charge in [0.2, 0.25) is 5.91 Å². The lowest BCUT2D eigenvalue weighted by atomic mass is 10.1. The van der Waals surface area contributed by atoms with E-state index in [1.165, 1.54) is 16.2 Å². The van der Waals surface area contributed by atoms with Crippen LogP contribution in [0.2, 0.25) is 0 Å². The highest BCUT2D eigenvalue weighted by molar-refractivity contribution is 7.22. The number of hydrogen-bond donors (Lipinski definition) is 1. The van der Waals surface area contributed by atoms with Crippen LogP contribution in [-0.2, 0) is 9.59 Å². The molecule has 0 saturated heterocycles. The fraction of sp³-hybridized carbons (Fsp3) is 0.0952. The maximum atomic E-state index is 12.6. The van der Waals surface area contributed by atoms with Crippen molar-refractivity contribution < 1.29 is 14.3 Å². The molecule has 2 heterocycles. The molecule has 3 aromatic carbocycles. The number of para-hydroxylation sites is 2. The minimum atomic E-state index is -0.298. The van der Waals surface area contributed by atoms with Crippen molar-refractivity contribution in [3.8, 4) is 5.75 Å². The molecule has 0 saturated carbocycles. The number of rotatable bonds is 3. The zero-order chi connectivity index (χ0) is 19.1. The number of amides is 2. The zero-order valence-corrected chi connectivity index (χ0v) is 15.5. The summed E-state index contributed by atoms with van der Waals surface area (Å²) in [5.41, 5.74) is 1.47. The van der Waals surface area contributed by atoms with Crippen LogP contribution in [0.4, 0.5) is 10.8 Å². The van der Waals surface area contributed by atoms with E-state index in [9.17, 15) is 9.59 Å². The molecule has 0 atom stereocenters. The fourth-order valence-corrected chi connectivity index (χ4v) is 4.24. The van der Waals surface area contributed by atoms with Gasteiger partial charge in [-0.2, -0.15) is 0 Å². The maximum absolute atomic E-state index is 12.6. The third kappa shape index (κ3) is 2.86. The molecule has 1 aromatic heterocycles. The number of ether oxygens (including phenoxy) is 1. The molecule has 0 aliphatic carbocycles. The molecule has 0 spiro atoms. The molecule has 1 aliphatic rings. The number of nitrogens with one attached hydrogen (secondary N) is 1. The molecule has 0 fully saturated rings. The summed E-state index contributed by atoms with van der Waals surface area (Å²) >= 11 is 1.42. The first-order valence-corrected chi connectivity index (χ1v) is 9.61. The zero-order valence-electron chi connectivity index (χ0n) is 14.7. The lowest BCUT2D eigenvalue weighted by Gasteiger charge is -2.28. The number of carbonyl (C=O) groups is 2. The number of thiazole rings is 1. The molecule has 1 N–H and O–H groups in total. The Morgan fingerprint density at radius 3 is 2.86 bits per heavy atom. The second-order valence-corrected chi connectivity index (χ2v) is 7.47. The molecular formula is C21H15N3O3S. The molecule has 1 aliphatic heterocycles. The molecule has 28 heavy (non-hydrogen) atoms. The summed E-state index contributed by atoms with van der Waals surface area (Å²) in [6, 6.07) is 19.3. The Balaban J connectivity index is 1.40. The van der Waals surface area contributed by atoms with E-state index in [0.29, 0.717) is 16.6 Å². The third-order valence-corrected chi connectivity index (χ3v) is 5.58. The van der Waals surface area contributed by atoms with Crippen molar-refractivity contribution in [3.05, 3.63) is 60.7 Å². The molecule has 0 bridgehead atoms. The highest BCUT2D eigenvalue weighted by atomic mass is 32.1. The smallest absolute Gasteiger partial charge is 0.265 e. The quantitative estimate of drug-likeness (QED) is 0.578. The lowest BCUT2D eigenvalue weighted by Crippen LogP contribution is -2.43. The van der Waals surface area contributed by atoms with Crippen molar-refractivity contribution in [2.75, 3.05) is 23.4 Å². The number of aromatic nitrogens is 1. The predicted octanol–water partition coefficient (Wildman–Crippen LogP) is 3.81. The van der Waals surface area contributed by atoms with E-state index >= 15 is 0 Å². The van der Waals surface area contributed by atoms with Gasteiger partial charge in [0.25, 0.3) is 5.91 Å². The summed E-state index contributed by atoms with van der Waals surface area (Å²) in [6.07, 6.45) is 0. The van der Waals surface area contributed by atoms with Crippen molar-refractivity contribution in [3.63, 3.8) is 0 Å². The molecule has 138 valence electrons. The number of anilines is 2. The largest absolute Gasteiger partial charge is 0.482 e. The number of nitrogens with zero attached hydrogens (tertiary/aromatic N) is 2. The fourth-order valence-electron chi connectivity index (χ4n) is 3.34. The van der Waals surface area contributed by atoms with Gasteiger partial charge in [0.1, 0.15) is 12.3 Å². The van der Waals surface area contributed by atoms with E-state index in [1.54, 1.807) is 12.1 Å². The first-order valence-electron chi connectivity index (χ1n) is 8.79. The van der Waals surface area contributed by atoms with Crippen LogP contribution in [0.15, 0.2) is 60.7 Å². The molecule has 7 heteroatoms. The van der Waals surface area contributed by atoms with Crippen LogP contribution < -0.4 is 15.0 Å². The van der Waals surface area contributed by atoms with E-state index in [0.717, 1.165) is 21.0 Å². The van der Waals surface area contributed by atoms with E-state index in [4.69, 9.17) is 4.74 Å². The normalized spacial score (nSPS) is 13.4. The summed E-state index contributed by atoms with van der Waals surface area (Å²) in [5, 5.41) is 5.50. The standard InChI is InChI=1S/C21H15N3O3S/c25-18(11-24-15-7-3-4-8-16(15)27-12-19(24)26)22-21-23-20-14-6-2-1-5-13(14)9-10-17(20)28-21/h1-10H,11-12H2,(H,22,23,25). The van der Waals surface area contributed by atoms with Gasteiger partial charge in [0.05, 0.1) is 15.9 Å². The summed E-state index contributed by atoms with van der Waals surface area (Å²) in [4.78, 5) is 30.9. The molecule has 4 aromatic rings. The Kier molecular flexibility index (Phi) is 3.95. The molecule has 2 amide bonds. The lowest BCUT2D eigenvalue weighted by molar-refractivity contribution is -0.123. The van der Waals surface area contributed by atoms with Gasteiger partial charge in [0, 0.05) is 5.39 Å². The van der Waals surface area contributed by atoms with Crippen molar-refractivity contribution in [2.24, 2.45) is 0 Å². The second kappa shape index (κ2) is 6.61. The van der Waals surface area contributed by atoms with Gasteiger partial charge < -0.3 is 10.1 Å². The van der Waals surface area contributed by atoms with Crippen molar-refractivity contribution in [1.82, 2.24) is 4.98 Å². The van der Waals surface area contributed by atoms with Crippen LogP contribution in [0, 0.1) is 0 Å². The van der Waals surface area contributed by atoms with E-state index in [1.807, 2.05) is 48.5 Å². The van der Waals surface area contributed by atoms with E-state index < -0.39 is 0 Å². The highest BCUT2D eigenvalue weighted by Crippen LogP contribution is 2.33. The van der Waals surface area contributed by atoms with Crippen LogP contribution in [0.25, 0.3) is 21.0 Å². The van der Waals surface area contributed by atoms with Gasteiger partial charge in [-0.3, -0.25) is 14.5 Å². The van der Waals surface area contributed by atoms with Crippen LogP contribution in [0.1, 0.15) is 0 Å². The number of carbonyl (C=O) groups excluding carboxylic acids is 2. The Morgan fingerprint density at radius 1 is 1.11 bits per heavy atom. The Morgan fingerprint density at radius 2 is 1.93 bits per heavy atom. The van der Waals surface area contributed by atoms with Gasteiger partial charge in [-0.15, -0.1) is 0 Å². The molecule has 5 rings (SSSR count). The predicted molar refractivity (Wildman–Crippen MR) is 110 cm³/mol.